The van der Waals surface area contributed by atoms with Gasteiger partial charge in [0, 0.05) is 22.0 Å². The molecule has 1 aliphatic rings. The highest BCUT2D eigenvalue weighted by Gasteiger charge is 2.23. The standard InChI is InChI=1S/C10H14IN3/c1-7(4-8-2-3-8)14-10-12-5-9(11)6-13-10/h5-8H,2-4H2,1H3,(H,12,13,14). The Bertz CT molecular complexity index is 295. The van der Waals surface area contributed by atoms with E-state index in [1.807, 2.05) is 12.4 Å². The van der Waals surface area contributed by atoms with Crippen molar-refractivity contribution in [3.8, 4) is 0 Å². The third-order valence-electron chi connectivity index (χ3n) is 2.38. The monoisotopic (exact) mass is 303 g/mol. The molecule has 1 N–H and O–H groups in total. The summed E-state index contributed by atoms with van der Waals surface area (Å²) in [4.78, 5) is 8.43. The van der Waals surface area contributed by atoms with E-state index in [9.17, 15) is 0 Å². The van der Waals surface area contributed by atoms with Crippen LogP contribution >= 0.6 is 22.6 Å². The van der Waals surface area contributed by atoms with E-state index in [2.05, 4.69) is 44.8 Å². The Morgan fingerprint density at radius 3 is 2.71 bits per heavy atom. The number of nitrogens with zero attached hydrogens (tertiary/aromatic N) is 2. The fraction of sp³-hybridized carbons (Fsp3) is 0.600. The van der Waals surface area contributed by atoms with Crippen LogP contribution in [-0.2, 0) is 0 Å². The first-order chi connectivity index (χ1) is 6.74. The molecule has 4 heteroatoms. The Morgan fingerprint density at radius 2 is 2.14 bits per heavy atom. The van der Waals surface area contributed by atoms with Gasteiger partial charge in [0.05, 0.1) is 0 Å². The Labute approximate surface area is 97.9 Å². The lowest BCUT2D eigenvalue weighted by molar-refractivity contribution is 0.637. The SMILES string of the molecule is CC(CC1CC1)Nc1ncc(I)cn1. The first-order valence-corrected chi connectivity index (χ1v) is 6.06. The molecule has 1 fully saturated rings. The van der Waals surface area contributed by atoms with Crippen molar-refractivity contribution in [3.63, 3.8) is 0 Å². The van der Waals surface area contributed by atoms with Gasteiger partial charge >= 0.3 is 0 Å². The number of nitrogens with one attached hydrogen (secondary N) is 1. The lowest BCUT2D eigenvalue weighted by atomic mass is 10.2. The molecule has 76 valence electrons. The molecule has 0 radical (unpaired) electrons. The van der Waals surface area contributed by atoms with Gasteiger partial charge in [-0.25, -0.2) is 9.97 Å². The normalized spacial score (nSPS) is 17.9. The van der Waals surface area contributed by atoms with Gasteiger partial charge in [-0.3, -0.25) is 0 Å². The summed E-state index contributed by atoms with van der Waals surface area (Å²) < 4.78 is 1.07. The maximum Gasteiger partial charge on any atom is 0.222 e. The number of anilines is 1. The zero-order valence-corrected chi connectivity index (χ0v) is 10.4. The van der Waals surface area contributed by atoms with Crippen LogP contribution in [0.4, 0.5) is 5.95 Å². The smallest absolute Gasteiger partial charge is 0.222 e. The summed E-state index contributed by atoms with van der Waals surface area (Å²) in [6.45, 7) is 2.19. The van der Waals surface area contributed by atoms with Crippen molar-refractivity contribution in [2.45, 2.75) is 32.2 Å². The van der Waals surface area contributed by atoms with Crippen molar-refractivity contribution < 1.29 is 0 Å². The van der Waals surface area contributed by atoms with Crippen LogP contribution in [0.5, 0.6) is 0 Å². The minimum Gasteiger partial charge on any atom is -0.352 e. The topological polar surface area (TPSA) is 37.8 Å². The molecule has 2 rings (SSSR count). The van der Waals surface area contributed by atoms with Gasteiger partial charge in [-0.15, -0.1) is 0 Å². The summed E-state index contributed by atoms with van der Waals surface area (Å²) in [5.74, 6) is 1.69. The van der Waals surface area contributed by atoms with Gasteiger partial charge in [0.1, 0.15) is 0 Å². The van der Waals surface area contributed by atoms with Crippen molar-refractivity contribution in [3.05, 3.63) is 16.0 Å². The van der Waals surface area contributed by atoms with Gasteiger partial charge < -0.3 is 5.32 Å². The van der Waals surface area contributed by atoms with Crippen LogP contribution in [0.1, 0.15) is 26.2 Å². The van der Waals surface area contributed by atoms with Gasteiger partial charge in [0.15, 0.2) is 0 Å². The van der Waals surface area contributed by atoms with Gasteiger partial charge in [0.25, 0.3) is 0 Å². The quantitative estimate of drug-likeness (QED) is 0.869. The van der Waals surface area contributed by atoms with Gasteiger partial charge in [-0.05, 0) is 41.9 Å². The molecule has 0 aromatic carbocycles. The molecule has 0 spiro atoms. The first-order valence-electron chi connectivity index (χ1n) is 4.98. The lowest BCUT2D eigenvalue weighted by Crippen LogP contribution is -2.17. The molecule has 1 aliphatic carbocycles. The van der Waals surface area contributed by atoms with Crippen LogP contribution in [0.2, 0.25) is 0 Å². The predicted molar refractivity (Wildman–Crippen MR) is 65.2 cm³/mol. The molecular formula is C10H14IN3. The predicted octanol–water partition coefficient (Wildman–Crippen LogP) is 2.68. The molecule has 1 heterocycles. The zero-order chi connectivity index (χ0) is 9.97. The summed E-state index contributed by atoms with van der Waals surface area (Å²) in [6, 6.07) is 0.488. The van der Waals surface area contributed by atoms with Crippen LogP contribution in [0.25, 0.3) is 0 Å². The molecule has 0 aliphatic heterocycles. The maximum absolute atomic E-state index is 4.22. The van der Waals surface area contributed by atoms with Gasteiger partial charge in [-0.2, -0.15) is 0 Å². The van der Waals surface area contributed by atoms with Crippen LogP contribution < -0.4 is 5.32 Å². The van der Waals surface area contributed by atoms with E-state index >= 15 is 0 Å². The van der Waals surface area contributed by atoms with Crippen molar-refractivity contribution in [1.82, 2.24) is 9.97 Å². The van der Waals surface area contributed by atoms with Crippen LogP contribution in [0, 0.1) is 9.49 Å². The second-order valence-corrected chi connectivity index (χ2v) is 5.19. The third-order valence-corrected chi connectivity index (χ3v) is 2.94. The minimum absolute atomic E-state index is 0.488. The highest BCUT2D eigenvalue weighted by molar-refractivity contribution is 14.1. The molecule has 1 atom stereocenters. The molecule has 1 aromatic heterocycles. The Kier molecular flexibility index (Phi) is 3.20. The highest BCUT2D eigenvalue weighted by atomic mass is 127. The molecular weight excluding hydrogens is 289 g/mol. The van der Waals surface area contributed by atoms with Crippen molar-refractivity contribution >= 4 is 28.5 Å². The van der Waals surface area contributed by atoms with E-state index in [4.69, 9.17) is 0 Å². The zero-order valence-electron chi connectivity index (χ0n) is 8.20. The number of aromatic nitrogens is 2. The molecule has 0 bridgehead atoms. The summed E-state index contributed by atoms with van der Waals surface area (Å²) in [7, 11) is 0. The number of halogens is 1. The summed E-state index contributed by atoms with van der Waals surface area (Å²) in [6.07, 6.45) is 7.72. The number of hydrogen-bond donors (Lipinski definition) is 1. The van der Waals surface area contributed by atoms with Crippen LogP contribution in [-0.4, -0.2) is 16.0 Å². The van der Waals surface area contributed by atoms with Crippen molar-refractivity contribution in [2.24, 2.45) is 5.92 Å². The van der Waals surface area contributed by atoms with Gasteiger partial charge in [-0.1, -0.05) is 12.8 Å². The fourth-order valence-corrected chi connectivity index (χ4v) is 1.80. The maximum atomic E-state index is 4.22. The van der Waals surface area contributed by atoms with Crippen LogP contribution in [0.3, 0.4) is 0 Å². The first kappa shape index (κ1) is 10.1. The molecule has 0 saturated heterocycles. The van der Waals surface area contributed by atoms with E-state index in [1.54, 1.807) is 0 Å². The van der Waals surface area contributed by atoms with E-state index in [0.29, 0.717) is 6.04 Å². The largest absolute Gasteiger partial charge is 0.352 e. The molecule has 1 unspecified atom stereocenters. The minimum atomic E-state index is 0.488. The van der Waals surface area contributed by atoms with Crippen molar-refractivity contribution in [2.75, 3.05) is 5.32 Å². The lowest BCUT2D eigenvalue weighted by Gasteiger charge is -2.12. The molecule has 3 nitrogen and oxygen atoms in total. The van der Waals surface area contributed by atoms with E-state index in [1.165, 1.54) is 19.3 Å². The Hall–Kier alpha value is -0.390. The van der Waals surface area contributed by atoms with Crippen LogP contribution in [0.15, 0.2) is 12.4 Å². The van der Waals surface area contributed by atoms with Gasteiger partial charge in [0.2, 0.25) is 5.95 Å². The van der Waals surface area contributed by atoms with Crippen molar-refractivity contribution in [1.29, 1.82) is 0 Å². The molecule has 0 amide bonds. The molecule has 1 aromatic rings. The number of rotatable bonds is 4. The fourth-order valence-electron chi connectivity index (χ4n) is 1.52. The number of hydrogen-bond acceptors (Lipinski definition) is 3. The van der Waals surface area contributed by atoms with E-state index in [0.717, 1.165) is 15.4 Å². The highest BCUT2D eigenvalue weighted by Crippen LogP contribution is 2.33. The Morgan fingerprint density at radius 1 is 1.50 bits per heavy atom. The Balaban J connectivity index is 1.85. The second-order valence-electron chi connectivity index (χ2n) is 3.95. The summed E-state index contributed by atoms with van der Waals surface area (Å²) in [5, 5.41) is 3.31. The second kappa shape index (κ2) is 4.42. The molecule has 1 saturated carbocycles. The van der Waals surface area contributed by atoms with E-state index in [-0.39, 0.29) is 0 Å². The molecule has 14 heavy (non-hydrogen) atoms. The average molecular weight is 303 g/mol. The summed E-state index contributed by atoms with van der Waals surface area (Å²) >= 11 is 2.21. The van der Waals surface area contributed by atoms with E-state index < -0.39 is 0 Å². The third kappa shape index (κ3) is 3.08. The average Bonchev–Trinajstić information content (AvgIpc) is 2.93. The summed E-state index contributed by atoms with van der Waals surface area (Å²) in [5.41, 5.74) is 0.